The van der Waals surface area contributed by atoms with E-state index in [1.807, 2.05) is 12.3 Å². The molecule has 3 nitrogen and oxygen atoms in total. The molecule has 0 aromatic carbocycles. The third-order valence-corrected chi connectivity index (χ3v) is 6.82. The van der Waals surface area contributed by atoms with Gasteiger partial charge in [-0.2, -0.15) is 23.5 Å². The maximum atomic E-state index is 6.15. The summed E-state index contributed by atoms with van der Waals surface area (Å²) in [6, 6.07) is 2.21. The summed E-state index contributed by atoms with van der Waals surface area (Å²) in [5, 5.41) is 4.90. The lowest BCUT2D eigenvalue weighted by Gasteiger charge is -2.36. The summed E-state index contributed by atoms with van der Waals surface area (Å²) in [5.74, 6) is 2.49. The van der Waals surface area contributed by atoms with Gasteiger partial charge in [-0.15, -0.1) is 0 Å². The minimum absolute atomic E-state index is 0.307. The Morgan fingerprint density at radius 1 is 1.42 bits per heavy atom. The van der Waals surface area contributed by atoms with E-state index in [1.54, 1.807) is 6.20 Å². The molecule has 1 fully saturated rings. The van der Waals surface area contributed by atoms with Crippen LogP contribution in [0.25, 0.3) is 0 Å². The van der Waals surface area contributed by atoms with Crippen LogP contribution >= 0.6 is 23.5 Å². The zero-order valence-corrected chi connectivity index (χ0v) is 13.3. The summed E-state index contributed by atoms with van der Waals surface area (Å²) in [4.78, 5) is 4.26. The van der Waals surface area contributed by atoms with E-state index in [1.165, 1.54) is 17.9 Å². The topological polar surface area (TPSA) is 50.9 Å². The Balaban J connectivity index is 2.26. The number of hydrogen-bond acceptors (Lipinski definition) is 5. The lowest BCUT2D eigenvalue weighted by Crippen LogP contribution is -2.39. The zero-order valence-electron chi connectivity index (χ0n) is 11.6. The van der Waals surface area contributed by atoms with Crippen LogP contribution in [0.1, 0.15) is 31.9 Å². The molecule has 1 aliphatic rings. The van der Waals surface area contributed by atoms with Crippen LogP contribution in [-0.2, 0) is 0 Å². The summed E-state index contributed by atoms with van der Waals surface area (Å²) < 4.78 is 0. The largest absolute Gasteiger partial charge is 0.398 e. The standard InChI is InChI=1S/C14H23N3S2/c1-3-12-14(19-8-7-18-12)13(17-4-2)10-9-16-6-5-11(10)15/h5-6,9,12-14,17H,3-4,7-8H2,1-2H3,(H2,15,16). The Morgan fingerprint density at radius 2 is 2.21 bits per heavy atom. The van der Waals surface area contributed by atoms with Gasteiger partial charge in [-0.1, -0.05) is 13.8 Å². The van der Waals surface area contributed by atoms with Gasteiger partial charge in [0, 0.05) is 51.7 Å². The first-order valence-corrected chi connectivity index (χ1v) is 9.03. The molecule has 1 aromatic heterocycles. The molecule has 0 aliphatic carbocycles. The van der Waals surface area contributed by atoms with Crippen LogP contribution in [0.5, 0.6) is 0 Å². The molecule has 19 heavy (non-hydrogen) atoms. The van der Waals surface area contributed by atoms with Crippen molar-refractivity contribution in [2.75, 3.05) is 23.8 Å². The fraction of sp³-hybridized carbons (Fsp3) is 0.643. The molecule has 5 heteroatoms. The van der Waals surface area contributed by atoms with E-state index in [2.05, 4.69) is 47.7 Å². The van der Waals surface area contributed by atoms with Gasteiger partial charge in [-0.25, -0.2) is 0 Å². The van der Waals surface area contributed by atoms with Crippen molar-refractivity contribution in [2.45, 2.75) is 36.8 Å². The summed E-state index contributed by atoms with van der Waals surface area (Å²) in [7, 11) is 0. The maximum absolute atomic E-state index is 6.15. The number of nitrogens with zero attached hydrogens (tertiary/aromatic N) is 1. The number of anilines is 1. The number of nitrogens with one attached hydrogen (secondary N) is 1. The van der Waals surface area contributed by atoms with Crippen LogP contribution in [-0.4, -0.2) is 33.5 Å². The van der Waals surface area contributed by atoms with E-state index in [0.717, 1.165) is 17.8 Å². The highest BCUT2D eigenvalue weighted by atomic mass is 32.2. The molecular formula is C14H23N3S2. The van der Waals surface area contributed by atoms with Crippen molar-refractivity contribution in [3.63, 3.8) is 0 Å². The van der Waals surface area contributed by atoms with Crippen molar-refractivity contribution >= 4 is 29.2 Å². The lowest BCUT2D eigenvalue weighted by atomic mass is 10.00. The third kappa shape index (κ3) is 3.58. The zero-order chi connectivity index (χ0) is 13.7. The van der Waals surface area contributed by atoms with Crippen LogP contribution in [0.2, 0.25) is 0 Å². The van der Waals surface area contributed by atoms with Crippen molar-refractivity contribution in [1.29, 1.82) is 0 Å². The highest BCUT2D eigenvalue weighted by Gasteiger charge is 2.33. The minimum atomic E-state index is 0.307. The van der Waals surface area contributed by atoms with Crippen LogP contribution < -0.4 is 11.1 Å². The van der Waals surface area contributed by atoms with E-state index >= 15 is 0 Å². The van der Waals surface area contributed by atoms with Crippen molar-refractivity contribution in [2.24, 2.45) is 0 Å². The van der Waals surface area contributed by atoms with Gasteiger partial charge in [0.1, 0.15) is 0 Å². The number of nitrogen functional groups attached to an aromatic ring is 1. The second-order valence-electron chi connectivity index (χ2n) is 4.69. The molecule has 3 atom stereocenters. The van der Waals surface area contributed by atoms with Gasteiger partial charge in [0.05, 0.1) is 0 Å². The third-order valence-electron chi connectivity index (χ3n) is 3.47. The molecule has 3 unspecified atom stereocenters. The van der Waals surface area contributed by atoms with E-state index in [0.29, 0.717) is 16.5 Å². The maximum Gasteiger partial charge on any atom is 0.0487 e. The molecular weight excluding hydrogens is 274 g/mol. The SMILES string of the molecule is CCNC(c1cnccc1N)C1SCCSC1CC. The first-order valence-electron chi connectivity index (χ1n) is 6.93. The monoisotopic (exact) mass is 297 g/mol. The molecule has 0 saturated carbocycles. The van der Waals surface area contributed by atoms with Crippen LogP contribution in [0.15, 0.2) is 18.5 Å². The highest BCUT2D eigenvalue weighted by molar-refractivity contribution is 8.07. The van der Waals surface area contributed by atoms with E-state index in [-0.39, 0.29) is 0 Å². The van der Waals surface area contributed by atoms with Gasteiger partial charge in [-0.3, -0.25) is 4.98 Å². The predicted octanol–water partition coefficient (Wildman–Crippen LogP) is 2.94. The molecule has 1 aromatic rings. The van der Waals surface area contributed by atoms with Gasteiger partial charge in [-0.05, 0) is 19.0 Å². The Morgan fingerprint density at radius 3 is 2.89 bits per heavy atom. The van der Waals surface area contributed by atoms with Gasteiger partial charge in [0.25, 0.3) is 0 Å². The Hall–Kier alpha value is -0.390. The summed E-state index contributed by atoms with van der Waals surface area (Å²) in [5.41, 5.74) is 8.16. The van der Waals surface area contributed by atoms with Crippen molar-refractivity contribution in [3.05, 3.63) is 24.0 Å². The van der Waals surface area contributed by atoms with E-state index in [4.69, 9.17) is 5.73 Å². The number of aromatic nitrogens is 1. The number of hydrogen-bond donors (Lipinski definition) is 2. The quantitative estimate of drug-likeness (QED) is 0.875. The number of thioether (sulfide) groups is 2. The molecule has 0 amide bonds. The Kier molecular flexibility index (Phi) is 5.85. The molecule has 2 rings (SSSR count). The molecule has 0 bridgehead atoms. The molecule has 2 heterocycles. The number of nitrogens with two attached hydrogens (primary N) is 1. The molecule has 1 aliphatic heterocycles. The summed E-state index contributed by atoms with van der Waals surface area (Å²) in [6.07, 6.45) is 4.90. The van der Waals surface area contributed by atoms with Crippen molar-refractivity contribution < 1.29 is 0 Å². The van der Waals surface area contributed by atoms with E-state index in [9.17, 15) is 0 Å². The minimum Gasteiger partial charge on any atom is -0.398 e. The Labute approximate surface area is 124 Å². The van der Waals surface area contributed by atoms with Gasteiger partial charge in [0.15, 0.2) is 0 Å². The molecule has 106 valence electrons. The highest BCUT2D eigenvalue weighted by Crippen LogP contribution is 2.41. The van der Waals surface area contributed by atoms with E-state index < -0.39 is 0 Å². The average Bonchev–Trinajstić information content (AvgIpc) is 2.46. The molecule has 1 saturated heterocycles. The summed E-state index contributed by atoms with van der Waals surface area (Å²) >= 11 is 4.18. The summed E-state index contributed by atoms with van der Waals surface area (Å²) in [6.45, 7) is 5.39. The van der Waals surface area contributed by atoms with Crippen LogP contribution in [0.3, 0.4) is 0 Å². The lowest BCUT2D eigenvalue weighted by molar-refractivity contribution is 0.513. The van der Waals surface area contributed by atoms with Crippen molar-refractivity contribution in [1.82, 2.24) is 10.3 Å². The fourth-order valence-electron chi connectivity index (χ4n) is 2.55. The number of rotatable bonds is 5. The molecule has 0 spiro atoms. The average molecular weight is 297 g/mol. The molecule has 0 radical (unpaired) electrons. The van der Waals surface area contributed by atoms with Crippen LogP contribution in [0.4, 0.5) is 5.69 Å². The fourth-order valence-corrected chi connectivity index (χ4v) is 5.79. The molecule has 3 N–H and O–H groups in total. The number of pyridine rings is 1. The van der Waals surface area contributed by atoms with Crippen LogP contribution in [0, 0.1) is 0 Å². The van der Waals surface area contributed by atoms with Gasteiger partial charge < -0.3 is 11.1 Å². The normalized spacial score (nSPS) is 25.2. The second-order valence-corrected chi connectivity index (χ2v) is 7.33. The van der Waals surface area contributed by atoms with Gasteiger partial charge >= 0.3 is 0 Å². The van der Waals surface area contributed by atoms with Crippen molar-refractivity contribution in [3.8, 4) is 0 Å². The van der Waals surface area contributed by atoms with Gasteiger partial charge in [0.2, 0.25) is 0 Å². The predicted molar refractivity (Wildman–Crippen MR) is 87.9 cm³/mol. The second kappa shape index (κ2) is 7.41. The first-order chi connectivity index (χ1) is 9.27. The Bertz CT molecular complexity index is 400. The first kappa shape index (κ1) is 15.0. The smallest absolute Gasteiger partial charge is 0.0487 e.